The molecule has 0 aromatic rings. The molecule has 1 unspecified atom stereocenters. The number of esters is 1. The Balaban J connectivity index is 1.59. The number of hydrogen-bond acceptors (Lipinski definition) is 3. The Labute approximate surface area is 130 Å². The molecule has 1 saturated carbocycles. The number of likely N-dealkylation sites (tertiary alicyclic amines) is 1. The Bertz CT molecular complexity index is 294. The van der Waals surface area contributed by atoms with Gasteiger partial charge in [-0.25, -0.2) is 0 Å². The quantitative estimate of drug-likeness (QED) is 0.475. The second kappa shape index (κ2) is 9.45. The fourth-order valence-corrected chi connectivity index (χ4v) is 3.94. The van der Waals surface area contributed by atoms with Crippen LogP contribution in [0.4, 0.5) is 0 Å². The molecular weight excluding hydrogens is 262 g/mol. The second-order valence-electron chi connectivity index (χ2n) is 6.86. The van der Waals surface area contributed by atoms with E-state index in [9.17, 15) is 4.79 Å². The Kier molecular flexibility index (Phi) is 7.56. The first-order valence-electron chi connectivity index (χ1n) is 9.20. The van der Waals surface area contributed by atoms with E-state index in [0.29, 0.717) is 12.5 Å². The standard InChI is InChI=1S/C18H33NO2/c1-2-9-17(16-10-3-4-11-16)18(20)21-15-8-7-14-19-12-5-6-13-19/h16-17H,2-15H2,1H3. The monoisotopic (exact) mass is 295 g/mol. The van der Waals surface area contributed by atoms with Gasteiger partial charge in [0.25, 0.3) is 0 Å². The predicted octanol–water partition coefficient (Wildman–Crippen LogP) is 4.01. The van der Waals surface area contributed by atoms with E-state index in [2.05, 4.69) is 11.8 Å². The summed E-state index contributed by atoms with van der Waals surface area (Å²) in [5.41, 5.74) is 0. The zero-order valence-corrected chi connectivity index (χ0v) is 13.8. The molecule has 21 heavy (non-hydrogen) atoms. The van der Waals surface area contributed by atoms with Crippen LogP contribution in [-0.4, -0.2) is 37.1 Å². The summed E-state index contributed by atoms with van der Waals surface area (Å²) in [5, 5.41) is 0. The summed E-state index contributed by atoms with van der Waals surface area (Å²) in [6.45, 7) is 6.50. The first-order valence-corrected chi connectivity index (χ1v) is 9.20. The first kappa shape index (κ1) is 16.8. The number of rotatable bonds is 9. The van der Waals surface area contributed by atoms with Crippen molar-refractivity contribution in [1.82, 2.24) is 4.90 Å². The van der Waals surface area contributed by atoms with Gasteiger partial charge in [0, 0.05) is 0 Å². The lowest BCUT2D eigenvalue weighted by Crippen LogP contribution is -2.25. The van der Waals surface area contributed by atoms with Gasteiger partial charge >= 0.3 is 5.97 Å². The third kappa shape index (κ3) is 5.61. The number of ether oxygens (including phenoxy) is 1. The van der Waals surface area contributed by atoms with Crippen molar-refractivity contribution in [3.8, 4) is 0 Å². The molecule has 1 atom stereocenters. The van der Waals surface area contributed by atoms with Gasteiger partial charge in [-0.2, -0.15) is 0 Å². The van der Waals surface area contributed by atoms with E-state index in [-0.39, 0.29) is 11.9 Å². The molecule has 1 heterocycles. The Hall–Kier alpha value is -0.570. The predicted molar refractivity (Wildman–Crippen MR) is 86.2 cm³/mol. The van der Waals surface area contributed by atoms with E-state index in [4.69, 9.17) is 4.74 Å². The van der Waals surface area contributed by atoms with E-state index in [1.807, 2.05) is 0 Å². The van der Waals surface area contributed by atoms with Crippen LogP contribution in [0.25, 0.3) is 0 Å². The van der Waals surface area contributed by atoms with Crippen LogP contribution in [0.15, 0.2) is 0 Å². The molecular formula is C18H33NO2. The topological polar surface area (TPSA) is 29.5 Å². The fourth-order valence-electron chi connectivity index (χ4n) is 3.94. The molecule has 1 aliphatic heterocycles. The van der Waals surface area contributed by atoms with Crippen LogP contribution in [0.3, 0.4) is 0 Å². The van der Waals surface area contributed by atoms with Crippen LogP contribution in [-0.2, 0) is 9.53 Å². The minimum atomic E-state index is 0.0879. The summed E-state index contributed by atoms with van der Waals surface area (Å²) in [5.74, 6) is 0.864. The molecule has 0 amide bonds. The lowest BCUT2D eigenvalue weighted by atomic mass is 9.87. The molecule has 3 heteroatoms. The Morgan fingerprint density at radius 3 is 2.52 bits per heavy atom. The fraction of sp³-hybridized carbons (Fsp3) is 0.944. The SMILES string of the molecule is CCCC(C(=O)OCCCCN1CCCC1)C1CCCC1. The molecule has 3 nitrogen and oxygen atoms in total. The maximum absolute atomic E-state index is 12.3. The van der Waals surface area contributed by atoms with Gasteiger partial charge in [0.15, 0.2) is 0 Å². The highest BCUT2D eigenvalue weighted by Gasteiger charge is 2.30. The van der Waals surface area contributed by atoms with Gasteiger partial charge in [0.2, 0.25) is 0 Å². The molecule has 2 aliphatic rings. The van der Waals surface area contributed by atoms with E-state index >= 15 is 0 Å². The van der Waals surface area contributed by atoms with Gasteiger partial charge in [0.05, 0.1) is 12.5 Å². The van der Waals surface area contributed by atoms with E-state index in [1.54, 1.807) is 0 Å². The molecule has 0 spiro atoms. The third-order valence-corrected chi connectivity index (χ3v) is 5.18. The maximum Gasteiger partial charge on any atom is 0.309 e. The van der Waals surface area contributed by atoms with Crippen molar-refractivity contribution >= 4 is 5.97 Å². The van der Waals surface area contributed by atoms with Gasteiger partial charge in [0.1, 0.15) is 0 Å². The van der Waals surface area contributed by atoms with Crippen LogP contribution in [0, 0.1) is 11.8 Å². The molecule has 0 radical (unpaired) electrons. The smallest absolute Gasteiger partial charge is 0.309 e. The number of unbranched alkanes of at least 4 members (excludes halogenated alkanes) is 1. The normalized spacial score (nSPS) is 21.8. The molecule has 2 fully saturated rings. The summed E-state index contributed by atoms with van der Waals surface area (Å²) in [7, 11) is 0. The first-order chi connectivity index (χ1) is 10.3. The number of carbonyl (C=O) groups is 1. The second-order valence-corrected chi connectivity index (χ2v) is 6.86. The summed E-state index contributed by atoms with van der Waals surface area (Å²) in [6, 6.07) is 0. The van der Waals surface area contributed by atoms with Crippen molar-refractivity contribution in [3.63, 3.8) is 0 Å². The third-order valence-electron chi connectivity index (χ3n) is 5.18. The summed E-state index contributed by atoms with van der Waals surface area (Å²) in [6.07, 6.45) is 12.1. The van der Waals surface area contributed by atoms with Crippen LogP contribution >= 0.6 is 0 Å². The van der Waals surface area contributed by atoms with Gasteiger partial charge in [-0.05, 0) is 70.5 Å². The summed E-state index contributed by atoms with van der Waals surface area (Å²) >= 11 is 0. The van der Waals surface area contributed by atoms with Gasteiger partial charge in [-0.1, -0.05) is 26.2 Å². The van der Waals surface area contributed by atoms with Crippen molar-refractivity contribution in [3.05, 3.63) is 0 Å². The highest BCUT2D eigenvalue weighted by atomic mass is 16.5. The molecule has 2 rings (SSSR count). The number of nitrogens with zero attached hydrogens (tertiary/aromatic N) is 1. The molecule has 1 aliphatic carbocycles. The minimum absolute atomic E-state index is 0.0879. The lowest BCUT2D eigenvalue weighted by Gasteiger charge is -2.21. The Morgan fingerprint density at radius 2 is 1.86 bits per heavy atom. The number of carbonyl (C=O) groups excluding carboxylic acids is 1. The van der Waals surface area contributed by atoms with E-state index in [0.717, 1.165) is 25.7 Å². The molecule has 122 valence electrons. The van der Waals surface area contributed by atoms with Crippen molar-refractivity contribution in [1.29, 1.82) is 0 Å². The molecule has 0 aromatic carbocycles. The van der Waals surface area contributed by atoms with Crippen LogP contribution < -0.4 is 0 Å². The summed E-state index contributed by atoms with van der Waals surface area (Å²) < 4.78 is 5.58. The molecule has 0 N–H and O–H groups in total. The van der Waals surface area contributed by atoms with E-state index < -0.39 is 0 Å². The van der Waals surface area contributed by atoms with Gasteiger partial charge < -0.3 is 9.64 Å². The number of hydrogen-bond donors (Lipinski definition) is 0. The minimum Gasteiger partial charge on any atom is -0.465 e. The molecule has 0 bridgehead atoms. The highest BCUT2D eigenvalue weighted by Crippen LogP contribution is 2.34. The Morgan fingerprint density at radius 1 is 1.14 bits per heavy atom. The molecule has 1 saturated heterocycles. The summed E-state index contributed by atoms with van der Waals surface area (Å²) in [4.78, 5) is 14.8. The van der Waals surface area contributed by atoms with Crippen molar-refractivity contribution in [2.24, 2.45) is 11.8 Å². The maximum atomic E-state index is 12.3. The molecule has 0 aromatic heterocycles. The largest absolute Gasteiger partial charge is 0.465 e. The van der Waals surface area contributed by atoms with Crippen LogP contribution in [0.2, 0.25) is 0 Å². The van der Waals surface area contributed by atoms with Crippen LogP contribution in [0.1, 0.15) is 71.1 Å². The van der Waals surface area contributed by atoms with Gasteiger partial charge in [-0.3, -0.25) is 4.79 Å². The van der Waals surface area contributed by atoms with Crippen LogP contribution in [0.5, 0.6) is 0 Å². The van der Waals surface area contributed by atoms with Crippen molar-refractivity contribution < 1.29 is 9.53 Å². The zero-order valence-electron chi connectivity index (χ0n) is 13.8. The highest BCUT2D eigenvalue weighted by molar-refractivity contribution is 5.72. The lowest BCUT2D eigenvalue weighted by molar-refractivity contribution is -0.151. The average molecular weight is 295 g/mol. The zero-order chi connectivity index (χ0) is 14.9. The van der Waals surface area contributed by atoms with Gasteiger partial charge in [-0.15, -0.1) is 0 Å². The van der Waals surface area contributed by atoms with Crippen molar-refractivity contribution in [2.75, 3.05) is 26.2 Å². The average Bonchev–Trinajstić information content (AvgIpc) is 3.17. The van der Waals surface area contributed by atoms with Crippen molar-refractivity contribution in [2.45, 2.75) is 71.1 Å². The van der Waals surface area contributed by atoms with E-state index in [1.165, 1.54) is 58.2 Å².